The predicted octanol–water partition coefficient (Wildman–Crippen LogP) is 3.13. The molecule has 0 saturated carbocycles. The number of halogens is 1. The first-order valence-corrected chi connectivity index (χ1v) is 11.8. The zero-order chi connectivity index (χ0) is 21.3. The highest BCUT2D eigenvalue weighted by Crippen LogP contribution is 2.28. The van der Waals surface area contributed by atoms with Gasteiger partial charge in [-0.25, -0.2) is 13.4 Å². The number of aryl methyl sites for hydroxylation is 1. The van der Waals surface area contributed by atoms with Gasteiger partial charge in [0.05, 0.1) is 33.1 Å². The molecule has 4 rings (SSSR count). The fourth-order valence-electron chi connectivity index (χ4n) is 3.72. The molecule has 7 nitrogen and oxygen atoms in total. The molecule has 0 unspecified atom stereocenters. The smallest absolute Gasteiger partial charge is 0.252 e. The van der Waals surface area contributed by atoms with Gasteiger partial charge < -0.3 is 9.88 Å². The van der Waals surface area contributed by atoms with E-state index in [4.69, 9.17) is 11.6 Å². The van der Waals surface area contributed by atoms with Crippen LogP contribution in [0, 0.1) is 0 Å². The number of fused-ring (bicyclic) bond motifs is 1. The number of para-hydroxylation sites is 2. The predicted molar refractivity (Wildman–Crippen MR) is 119 cm³/mol. The molecule has 30 heavy (non-hydrogen) atoms. The number of nitrogens with one attached hydrogen (secondary N) is 1. The van der Waals surface area contributed by atoms with E-state index >= 15 is 0 Å². The van der Waals surface area contributed by atoms with Crippen molar-refractivity contribution in [1.29, 1.82) is 0 Å². The Labute approximate surface area is 180 Å². The molecule has 2 heterocycles. The van der Waals surface area contributed by atoms with Crippen LogP contribution in [-0.2, 0) is 23.5 Å². The molecular formula is C21H23ClN4O3S. The average molecular weight is 447 g/mol. The summed E-state index contributed by atoms with van der Waals surface area (Å²) in [7, 11) is -1.37. The molecule has 158 valence electrons. The van der Waals surface area contributed by atoms with Crippen LogP contribution < -0.4 is 9.62 Å². The Kier molecular flexibility index (Phi) is 5.71. The van der Waals surface area contributed by atoms with E-state index in [0.717, 1.165) is 23.3 Å². The molecule has 0 aliphatic carbocycles. The van der Waals surface area contributed by atoms with E-state index in [0.29, 0.717) is 37.2 Å². The molecule has 0 bridgehead atoms. The Balaban J connectivity index is 1.42. The van der Waals surface area contributed by atoms with Crippen LogP contribution in [-0.4, -0.2) is 42.7 Å². The normalized spacial score (nSPS) is 16.0. The van der Waals surface area contributed by atoms with Crippen LogP contribution in [0.5, 0.6) is 0 Å². The van der Waals surface area contributed by atoms with Crippen molar-refractivity contribution >= 4 is 44.3 Å². The summed E-state index contributed by atoms with van der Waals surface area (Å²) in [5.41, 5.74) is 2.79. The van der Waals surface area contributed by atoms with Gasteiger partial charge in [0.2, 0.25) is 10.0 Å². The second kappa shape index (κ2) is 8.28. The lowest BCUT2D eigenvalue weighted by atomic mass is 10.2. The summed E-state index contributed by atoms with van der Waals surface area (Å²) >= 11 is 6.31. The van der Waals surface area contributed by atoms with Gasteiger partial charge in [-0.1, -0.05) is 23.7 Å². The third-order valence-corrected chi connectivity index (χ3v) is 7.53. The third-order valence-electron chi connectivity index (χ3n) is 5.35. The van der Waals surface area contributed by atoms with Gasteiger partial charge in [-0.3, -0.25) is 9.10 Å². The van der Waals surface area contributed by atoms with Gasteiger partial charge in [-0.15, -0.1) is 0 Å². The molecule has 1 fully saturated rings. The standard InChI is InChI=1S/C21H23ClN4O3S/c1-25-19-7-3-2-6-18(19)24-20(25)10-11-23-21(27)16-9-8-15(14-17(16)22)26-12-4-5-13-30(26,28)29/h2-3,6-9,14H,4-5,10-13H2,1H3,(H,23,27). The average Bonchev–Trinajstić information content (AvgIpc) is 3.03. The zero-order valence-corrected chi connectivity index (χ0v) is 18.2. The number of carbonyl (C=O) groups is 1. The molecule has 0 atom stereocenters. The molecule has 1 N–H and O–H groups in total. The minimum atomic E-state index is -3.32. The van der Waals surface area contributed by atoms with E-state index in [-0.39, 0.29) is 16.7 Å². The van der Waals surface area contributed by atoms with Crippen molar-refractivity contribution in [2.24, 2.45) is 7.05 Å². The number of sulfonamides is 1. The molecular weight excluding hydrogens is 424 g/mol. The van der Waals surface area contributed by atoms with Crippen LogP contribution >= 0.6 is 11.6 Å². The number of aromatic nitrogens is 2. The van der Waals surface area contributed by atoms with Crippen LogP contribution in [0.15, 0.2) is 42.5 Å². The third kappa shape index (κ3) is 4.02. The maximum absolute atomic E-state index is 12.6. The van der Waals surface area contributed by atoms with Crippen molar-refractivity contribution in [1.82, 2.24) is 14.9 Å². The summed E-state index contributed by atoms with van der Waals surface area (Å²) < 4.78 is 27.9. The number of carbonyl (C=O) groups excluding carboxylic acids is 1. The molecule has 3 aromatic rings. The molecule has 1 amide bonds. The fourth-order valence-corrected chi connectivity index (χ4v) is 5.62. The van der Waals surface area contributed by atoms with E-state index in [1.54, 1.807) is 18.2 Å². The van der Waals surface area contributed by atoms with Crippen LogP contribution in [0.2, 0.25) is 5.02 Å². The summed E-state index contributed by atoms with van der Waals surface area (Å²) in [6.45, 7) is 0.844. The number of amides is 1. The molecule has 1 aromatic heterocycles. The minimum Gasteiger partial charge on any atom is -0.352 e. The minimum absolute atomic E-state index is 0.134. The Morgan fingerprint density at radius 3 is 2.73 bits per heavy atom. The SMILES string of the molecule is Cn1c(CCNC(=O)c2ccc(N3CCCCS3(=O)=O)cc2Cl)nc2ccccc21. The van der Waals surface area contributed by atoms with Crippen molar-refractivity contribution in [2.75, 3.05) is 23.1 Å². The second-order valence-electron chi connectivity index (χ2n) is 7.34. The number of benzene rings is 2. The Morgan fingerprint density at radius 1 is 1.20 bits per heavy atom. The monoisotopic (exact) mass is 446 g/mol. The Bertz CT molecular complexity index is 1210. The summed E-state index contributed by atoms with van der Waals surface area (Å²) in [6, 6.07) is 12.6. The molecule has 0 spiro atoms. The highest BCUT2D eigenvalue weighted by Gasteiger charge is 2.26. The number of rotatable bonds is 5. The number of anilines is 1. The summed E-state index contributed by atoms with van der Waals surface area (Å²) in [5.74, 6) is 0.717. The Morgan fingerprint density at radius 2 is 2.00 bits per heavy atom. The van der Waals surface area contributed by atoms with Gasteiger partial charge in [-0.05, 0) is 43.2 Å². The van der Waals surface area contributed by atoms with Crippen LogP contribution in [0.1, 0.15) is 29.0 Å². The topological polar surface area (TPSA) is 84.3 Å². The number of imidazole rings is 1. The summed E-state index contributed by atoms with van der Waals surface area (Å²) in [6.07, 6.45) is 2.05. The quantitative estimate of drug-likeness (QED) is 0.652. The molecule has 1 aliphatic heterocycles. The van der Waals surface area contributed by atoms with E-state index in [2.05, 4.69) is 10.3 Å². The molecule has 0 radical (unpaired) electrons. The highest BCUT2D eigenvalue weighted by molar-refractivity contribution is 7.92. The van der Waals surface area contributed by atoms with Crippen LogP contribution in [0.25, 0.3) is 11.0 Å². The van der Waals surface area contributed by atoms with Gasteiger partial charge in [0, 0.05) is 26.6 Å². The summed E-state index contributed by atoms with van der Waals surface area (Å²) in [4.78, 5) is 17.2. The van der Waals surface area contributed by atoms with Gasteiger partial charge >= 0.3 is 0 Å². The largest absolute Gasteiger partial charge is 0.352 e. The fraction of sp³-hybridized carbons (Fsp3) is 0.333. The molecule has 1 saturated heterocycles. The van der Waals surface area contributed by atoms with Gasteiger partial charge in [0.15, 0.2) is 0 Å². The van der Waals surface area contributed by atoms with Crippen molar-refractivity contribution in [3.63, 3.8) is 0 Å². The number of hydrogen-bond acceptors (Lipinski definition) is 4. The molecule has 2 aromatic carbocycles. The van der Waals surface area contributed by atoms with Crippen LogP contribution in [0.4, 0.5) is 5.69 Å². The van der Waals surface area contributed by atoms with Gasteiger partial charge in [-0.2, -0.15) is 0 Å². The zero-order valence-electron chi connectivity index (χ0n) is 16.6. The second-order valence-corrected chi connectivity index (χ2v) is 9.76. The lowest BCUT2D eigenvalue weighted by Crippen LogP contribution is -2.37. The summed E-state index contributed by atoms with van der Waals surface area (Å²) in [5, 5.41) is 3.10. The van der Waals surface area contributed by atoms with Crippen LogP contribution in [0.3, 0.4) is 0 Å². The number of nitrogens with zero attached hydrogens (tertiary/aromatic N) is 3. The van der Waals surface area contributed by atoms with E-state index < -0.39 is 10.0 Å². The number of hydrogen-bond donors (Lipinski definition) is 1. The molecule has 9 heteroatoms. The van der Waals surface area contributed by atoms with Gasteiger partial charge in [0.1, 0.15) is 5.82 Å². The molecule has 1 aliphatic rings. The van der Waals surface area contributed by atoms with Gasteiger partial charge in [0.25, 0.3) is 5.91 Å². The highest BCUT2D eigenvalue weighted by atomic mass is 35.5. The first-order chi connectivity index (χ1) is 14.4. The van der Waals surface area contributed by atoms with Crippen molar-refractivity contribution in [3.05, 3.63) is 58.9 Å². The maximum atomic E-state index is 12.6. The maximum Gasteiger partial charge on any atom is 0.252 e. The van der Waals surface area contributed by atoms with Crippen molar-refractivity contribution in [2.45, 2.75) is 19.3 Å². The van der Waals surface area contributed by atoms with Crippen molar-refractivity contribution in [3.8, 4) is 0 Å². The first-order valence-electron chi connectivity index (χ1n) is 9.85. The van der Waals surface area contributed by atoms with E-state index in [1.165, 1.54) is 4.31 Å². The van der Waals surface area contributed by atoms with Crippen molar-refractivity contribution < 1.29 is 13.2 Å². The first kappa shape index (κ1) is 20.7. The lowest BCUT2D eigenvalue weighted by Gasteiger charge is -2.28. The lowest BCUT2D eigenvalue weighted by molar-refractivity contribution is 0.0954. The van der Waals surface area contributed by atoms with E-state index in [9.17, 15) is 13.2 Å². The van der Waals surface area contributed by atoms with E-state index in [1.807, 2.05) is 35.9 Å². The Hall–Kier alpha value is -2.58.